The molecular formula is C8H17N5O. The Labute approximate surface area is 83.6 Å². The molecule has 0 amide bonds. The summed E-state index contributed by atoms with van der Waals surface area (Å²) in [6.45, 7) is 3.45. The minimum absolute atomic E-state index is 0.351. The van der Waals surface area contributed by atoms with E-state index in [4.69, 9.17) is 4.74 Å². The Morgan fingerprint density at radius 2 is 2.36 bits per heavy atom. The van der Waals surface area contributed by atoms with Crippen LogP contribution < -0.4 is 5.32 Å². The van der Waals surface area contributed by atoms with Gasteiger partial charge in [-0.1, -0.05) is 6.92 Å². The molecule has 0 aromatic carbocycles. The van der Waals surface area contributed by atoms with Crippen molar-refractivity contribution in [2.24, 2.45) is 7.05 Å². The summed E-state index contributed by atoms with van der Waals surface area (Å²) in [4.78, 5) is 1.45. The van der Waals surface area contributed by atoms with Crippen LogP contribution in [0.4, 0.5) is 0 Å². The van der Waals surface area contributed by atoms with E-state index in [9.17, 15) is 0 Å². The molecule has 1 N–H and O–H groups in total. The van der Waals surface area contributed by atoms with Crippen molar-refractivity contribution in [3.8, 4) is 0 Å². The summed E-state index contributed by atoms with van der Waals surface area (Å²) in [7, 11) is 3.45. The lowest BCUT2D eigenvalue weighted by Gasteiger charge is -2.13. The number of hydrogen-bond acceptors (Lipinski definition) is 5. The average molecular weight is 199 g/mol. The van der Waals surface area contributed by atoms with E-state index in [-0.39, 0.29) is 0 Å². The van der Waals surface area contributed by atoms with Crippen molar-refractivity contribution in [3.05, 3.63) is 5.82 Å². The third-order valence-corrected chi connectivity index (χ3v) is 1.96. The minimum Gasteiger partial charge on any atom is -0.383 e. The predicted molar refractivity (Wildman–Crippen MR) is 51.6 cm³/mol. The summed E-state index contributed by atoms with van der Waals surface area (Å²) in [6, 6.07) is 0.351. The highest BCUT2D eigenvalue weighted by atomic mass is 16.5. The SMILES string of the molecule is CCC(COC)NCc1nnn(C)n1. The largest absolute Gasteiger partial charge is 0.383 e. The first-order chi connectivity index (χ1) is 6.76. The van der Waals surface area contributed by atoms with E-state index in [0.717, 1.165) is 6.42 Å². The molecule has 0 aliphatic carbocycles. The van der Waals surface area contributed by atoms with Crippen LogP contribution >= 0.6 is 0 Å². The Balaban J connectivity index is 2.31. The van der Waals surface area contributed by atoms with E-state index < -0.39 is 0 Å². The Hall–Kier alpha value is -1.01. The van der Waals surface area contributed by atoms with Crippen molar-refractivity contribution in [2.45, 2.75) is 25.9 Å². The molecule has 0 radical (unpaired) electrons. The van der Waals surface area contributed by atoms with Gasteiger partial charge >= 0.3 is 0 Å². The van der Waals surface area contributed by atoms with Crippen molar-refractivity contribution >= 4 is 0 Å². The molecule has 0 saturated carbocycles. The van der Waals surface area contributed by atoms with Gasteiger partial charge in [0.2, 0.25) is 0 Å². The Morgan fingerprint density at radius 3 is 2.86 bits per heavy atom. The lowest BCUT2D eigenvalue weighted by molar-refractivity contribution is 0.163. The van der Waals surface area contributed by atoms with Crippen LogP contribution in [0.1, 0.15) is 19.2 Å². The first-order valence-corrected chi connectivity index (χ1v) is 4.71. The molecule has 0 spiro atoms. The van der Waals surface area contributed by atoms with Gasteiger partial charge in [0.15, 0.2) is 5.82 Å². The second-order valence-corrected chi connectivity index (χ2v) is 3.14. The van der Waals surface area contributed by atoms with Crippen LogP contribution in [0.15, 0.2) is 0 Å². The molecule has 14 heavy (non-hydrogen) atoms. The van der Waals surface area contributed by atoms with Gasteiger partial charge in [-0.15, -0.1) is 10.2 Å². The molecule has 0 bridgehead atoms. The van der Waals surface area contributed by atoms with Gasteiger partial charge in [-0.3, -0.25) is 0 Å². The number of tetrazole rings is 1. The minimum atomic E-state index is 0.351. The van der Waals surface area contributed by atoms with Crippen LogP contribution in [0.3, 0.4) is 0 Å². The van der Waals surface area contributed by atoms with Gasteiger partial charge in [0.1, 0.15) is 0 Å². The molecule has 1 aromatic heterocycles. The highest BCUT2D eigenvalue weighted by Crippen LogP contribution is 1.93. The molecule has 0 fully saturated rings. The maximum atomic E-state index is 5.06. The number of aryl methyl sites for hydroxylation is 1. The van der Waals surface area contributed by atoms with Gasteiger partial charge in [0.05, 0.1) is 20.2 Å². The number of hydrogen-bond donors (Lipinski definition) is 1. The smallest absolute Gasteiger partial charge is 0.188 e. The van der Waals surface area contributed by atoms with E-state index in [0.29, 0.717) is 25.0 Å². The van der Waals surface area contributed by atoms with Crippen molar-refractivity contribution in [1.82, 2.24) is 25.5 Å². The number of methoxy groups -OCH3 is 1. The van der Waals surface area contributed by atoms with E-state index >= 15 is 0 Å². The van der Waals surface area contributed by atoms with Crippen LogP contribution in [0.25, 0.3) is 0 Å². The zero-order chi connectivity index (χ0) is 10.4. The van der Waals surface area contributed by atoms with Gasteiger partial charge in [-0.05, 0) is 11.6 Å². The average Bonchev–Trinajstić information content (AvgIpc) is 2.59. The fraction of sp³-hybridized carbons (Fsp3) is 0.875. The van der Waals surface area contributed by atoms with Gasteiger partial charge < -0.3 is 10.1 Å². The first kappa shape index (κ1) is 11.1. The van der Waals surface area contributed by atoms with Gasteiger partial charge in [-0.25, -0.2) is 0 Å². The lowest BCUT2D eigenvalue weighted by atomic mass is 10.2. The standard InChI is InChI=1S/C8H17N5O/c1-4-7(6-14-3)9-5-8-10-12-13(2)11-8/h7,9H,4-6H2,1-3H3. The molecule has 6 nitrogen and oxygen atoms in total. The Kier molecular flexibility index (Phi) is 4.48. The van der Waals surface area contributed by atoms with Crippen LogP contribution in [0.2, 0.25) is 0 Å². The summed E-state index contributed by atoms with van der Waals surface area (Å²) in [5, 5.41) is 15.0. The normalized spacial score (nSPS) is 13.1. The molecule has 6 heteroatoms. The quantitative estimate of drug-likeness (QED) is 0.683. The maximum Gasteiger partial charge on any atom is 0.188 e. The number of aromatic nitrogens is 4. The summed E-state index contributed by atoms with van der Waals surface area (Å²) in [5.74, 6) is 0.710. The third-order valence-electron chi connectivity index (χ3n) is 1.96. The number of ether oxygens (including phenoxy) is 1. The molecule has 1 atom stereocenters. The predicted octanol–water partition coefficient (Wildman–Crippen LogP) is -0.275. The van der Waals surface area contributed by atoms with Gasteiger partial charge in [0.25, 0.3) is 0 Å². The highest BCUT2D eigenvalue weighted by molar-refractivity contribution is 4.77. The van der Waals surface area contributed by atoms with Crippen molar-refractivity contribution in [2.75, 3.05) is 13.7 Å². The molecule has 0 saturated heterocycles. The summed E-state index contributed by atoms with van der Waals surface area (Å²) < 4.78 is 5.06. The van der Waals surface area contributed by atoms with Gasteiger partial charge in [0, 0.05) is 13.2 Å². The monoisotopic (exact) mass is 199 g/mol. The maximum absolute atomic E-state index is 5.06. The summed E-state index contributed by atoms with van der Waals surface area (Å²) in [6.07, 6.45) is 1.02. The van der Waals surface area contributed by atoms with E-state index in [1.165, 1.54) is 4.80 Å². The van der Waals surface area contributed by atoms with Crippen LogP contribution in [0, 0.1) is 0 Å². The van der Waals surface area contributed by atoms with E-state index in [1.807, 2.05) is 0 Å². The number of nitrogens with zero attached hydrogens (tertiary/aromatic N) is 4. The molecule has 1 rings (SSSR count). The van der Waals surface area contributed by atoms with Crippen LogP contribution in [0.5, 0.6) is 0 Å². The van der Waals surface area contributed by atoms with Crippen molar-refractivity contribution < 1.29 is 4.74 Å². The Morgan fingerprint density at radius 1 is 1.57 bits per heavy atom. The molecule has 80 valence electrons. The zero-order valence-corrected chi connectivity index (χ0v) is 8.90. The second-order valence-electron chi connectivity index (χ2n) is 3.14. The molecule has 1 unspecified atom stereocenters. The van der Waals surface area contributed by atoms with Crippen LogP contribution in [-0.4, -0.2) is 40.0 Å². The third kappa shape index (κ3) is 3.39. The zero-order valence-electron chi connectivity index (χ0n) is 8.90. The van der Waals surface area contributed by atoms with Crippen LogP contribution in [-0.2, 0) is 18.3 Å². The van der Waals surface area contributed by atoms with Crippen molar-refractivity contribution in [3.63, 3.8) is 0 Å². The first-order valence-electron chi connectivity index (χ1n) is 4.71. The lowest BCUT2D eigenvalue weighted by Crippen LogP contribution is -2.32. The molecule has 0 aliphatic heterocycles. The second kappa shape index (κ2) is 5.66. The fourth-order valence-corrected chi connectivity index (χ4v) is 1.15. The Bertz CT molecular complexity index is 262. The fourth-order valence-electron chi connectivity index (χ4n) is 1.15. The van der Waals surface area contributed by atoms with Crippen molar-refractivity contribution in [1.29, 1.82) is 0 Å². The number of nitrogens with one attached hydrogen (secondary N) is 1. The molecule has 1 heterocycles. The highest BCUT2D eigenvalue weighted by Gasteiger charge is 2.06. The topological polar surface area (TPSA) is 64.9 Å². The summed E-state index contributed by atoms with van der Waals surface area (Å²) in [5.41, 5.74) is 0. The molecular weight excluding hydrogens is 182 g/mol. The van der Waals surface area contributed by atoms with Gasteiger partial charge in [-0.2, -0.15) is 4.80 Å². The summed E-state index contributed by atoms with van der Waals surface area (Å²) >= 11 is 0. The number of rotatable bonds is 6. The van der Waals surface area contributed by atoms with E-state index in [1.54, 1.807) is 14.2 Å². The van der Waals surface area contributed by atoms with E-state index in [2.05, 4.69) is 27.7 Å². The molecule has 1 aromatic rings. The molecule has 0 aliphatic rings.